The van der Waals surface area contributed by atoms with Crippen LogP contribution in [-0.2, 0) is 0 Å². The SMILES string of the molecule is CC(C)C(Nc1cc(Br)ccc1Br)c1cccs1. The fourth-order valence-electron chi connectivity index (χ4n) is 1.81. The van der Waals surface area contributed by atoms with Crippen LogP contribution in [0.25, 0.3) is 0 Å². The lowest BCUT2D eigenvalue weighted by atomic mass is 10.0. The first-order valence-corrected chi connectivity index (χ1v) is 8.29. The highest BCUT2D eigenvalue weighted by Crippen LogP contribution is 2.34. The van der Waals surface area contributed by atoms with E-state index in [2.05, 4.69) is 80.7 Å². The number of hydrogen-bond acceptors (Lipinski definition) is 2. The highest BCUT2D eigenvalue weighted by molar-refractivity contribution is 9.11. The van der Waals surface area contributed by atoms with Crippen LogP contribution in [0.3, 0.4) is 0 Å². The third-order valence-corrected chi connectivity index (χ3v) is 4.90. The molecule has 0 spiro atoms. The van der Waals surface area contributed by atoms with E-state index in [4.69, 9.17) is 0 Å². The van der Waals surface area contributed by atoms with Crippen LogP contribution in [0.4, 0.5) is 5.69 Å². The Morgan fingerprint density at radius 3 is 2.56 bits per heavy atom. The van der Waals surface area contributed by atoms with Crippen molar-refractivity contribution in [2.45, 2.75) is 19.9 Å². The van der Waals surface area contributed by atoms with E-state index < -0.39 is 0 Å². The predicted octanol–water partition coefficient (Wildman–Crippen LogP) is 6.08. The van der Waals surface area contributed by atoms with Gasteiger partial charge < -0.3 is 5.32 Å². The predicted molar refractivity (Wildman–Crippen MR) is 87.4 cm³/mol. The molecule has 1 N–H and O–H groups in total. The van der Waals surface area contributed by atoms with Gasteiger partial charge in [-0.2, -0.15) is 0 Å². The summed E-state index contributed by atoms with van der Waals surface area (Å²) in [4.78, 5) is 1.37. The summed E-state index contributed by atoms with van der Waals surface area (Å²) in [5.74, 6) is 0.537. The molecule has 0 radical (unpaired) electrons. The summed E-state index contributed by atoms with van der Waals surface area (Å²) in [5.41, 5.74) is 1.12. The second kappa shape index (κ2) is 6.22. The summed E-state index contributed by atoms with van der Waals surface area (Å²) in [6.07, 6.45) is 0. The van der Waals surface area contributed by atoms with Gasteiger partial charge in [-0.25, -0.2) is 0 Å². The molecule has 18 heavy (non-hydrogen) atoms. The van der Waals surface area contributed by atoms with Gasteiger partial charge in [-0.3, -0.25) is 0 Å². The Labute approximate surface area is 129 Å². The van der Waals surface area contributed by atoms with E-state index in [0.717, 1.165) is 14.6 Å². The summed E-state index contributed by atoms with van der Waals surface area (Å²) < 4.78 is 2.18. The van der Waals surface area contributed by atoms with Gasteiger partial charge in [-0.1, -0.05) is 35.8 Å². The fourth-order valence-corrected chi connectivity index (χ4v) is 3.48. The minimum Gasteiger partial charge on any atom is -0.376 e. The van der Waals surface area contributed by atoms with Crippen molar-refractivity contribution >= 4 is 48.9 Å². The molecule has 0 fully saturated rings. The van der Waals surface area contributed by atoms with Crippen LogP contribution in [0, 0.1) is 5.92 Å². The molecule has 1 aromatic carbocycles. The maximum atomic E-state index is 3.62. The fraction of sp³-hybridized carbons (Fsp3) is 0.286. The van der Waals surface area contributed by atoms with Gasteiger partial charge in [0.15, 0.2) is 0 Å². The van der Waals surface area contributed by atoms with Crippen molar-refractivity contribution in [3.63, 3.8) is 0 Å². The van der Waals surface area contributed by atoms with Crippen LogP contribution in [0.5, 0.6) is 0 Å². The smallest absolute Gasteiger partial charge is 0.0629 e. The summed E-state index contributed by atoms with van der Waals surface area (Å²) in [6.45, 7) is 4.48. The summed E-state index contributed by atoms with van der Waals surface area (Å²) in [7, 11) is 0. The minimum absolute atomic E-state index is 0.343. The Kier molecular flexibility index (Phi) is 4.87. The van der Waals surface area contributed by atoms with E-state index in [0.29, 0.717) is 12.0 Å². The van der Waals surface area contributed by atoms with Gasteiger partial charge in [0, 0.05) is 13.8 Å². The Bertz CT molecular complexity index is 509. The highest BCUT2D eigenvalue weighted by Gasteiger charge is 2.17. The summed E-state index contributed by atoms with van der Waals surface area (Å²) in [6, 6.07) is 10.8. The van der Waals surface area contributed by atoms with E-state index >= 15 is 0 Å². The Hall–Kier alpha value is -0.320. The molecule has 4 heteroatoms. The van der Waals surface area contributed by atoms with E-state index in [-0.39, 0.29) is 0 Å². The van der Waals surface area contributed by atoms with Crippen LogP contribution >= 0.6 is 43.2 Å². The van der Waals surface area contributed by atoms with Crippen LogP contribution in [-0.4, -0.2) is 0 Å². The van der Waals surface area contributed by atoms with Crippen molar-refractivity contribution in [3.05, 3.63) is 49.5 Å². The molecule has 0 aliphatic heterocycles. The van der Waals surface area contributed by atoms with Crippen LogP contribution < -0.4 is 5.32 Å². The van der Waals surface area contributed by atoms with E-state index in [1.807, 2.05) is 6.07 Å². The van der Waals surface area contributed by atoms with Gasteiger partial charge in [0.2, 0.25) is 0 Å². The number of anilines is 1. The van der Waals surface area contributed by atoms with Gasteiger partial charge in [0.25, 0.3) is 0 Å². The van der Waals surface area contributed by atoms with Crippen LogP contribution in [0.2, 0.25) is 0 Å². The first-order chi connectivity index (χ1) is 8.58. The van der Waals surface area contributed by atoms with Gasteiger partial charge >= 0.3 is 0 Å². The molecule has 0 aliphatic carbocycles. The zero-order chi connectivity index (χ0) is 13.1. The molecule has 1 unspecified atom stereocenters. The molecule has 2 aromatic rings. The first-order valence-electron chi connectivity index (χ1n) is 5.83. The van der Waals surface area contributed by atoms with Crippen molar-refractivity contribution < 1.29 is 0 Å². The van der Waals surface area contributed by atoms with Gasteiger partial charge in [0.1, 0.15) is 0 Å². The standard InChI is InChI=1S/C14H15Br2NS/c1-9(2)14(13-4-3-7-18-13)17-12-8-10(15)5-6-11(12)16/h3-9,14,17H,1-2H3. The second-order valence-corrected chi connectivity index (χ2v) is 7.25. The van der Waals surface area contributed by atoms with E-state index in [1.54, 1.807) is 11.3 Å². The molecule has 1 nitrogen and oxygen atoms in total. The number of rotatable bonds is 4. The molecule has 1 atom stereocenters. The Balaban J connectivity index is 2.27. The molecular formula is C14H15Br2NS. The molecule has 0 bridgehead atoms. The lowest BCUT2D eigenvalue weighted by Gasteiger charge is -2.23. The van der Waals surface area contributed by atoms with Crippen molar-refractivity contribution in [3.8, 4) is 0 Å². The molecule has 0 aliphatic rings. The topological polar surface area (TPSA) is 12.0 Å². The zero-order valence-electron chi connectivity index (χ0n) is 10.3. The van der Waals surface area contributed by atoms with Crippen LogP contribution in [0.15, 0.2) is 44.7 Å². The van der Waals surface area contributed by atoms with E-state index in [1.165, 1.54) is 4.88 Å². The van der Waals surface area contributed by atoms with Gasteiger partial charge in [0.05, 0.1) is 11.7 Å². The molecule has 2 rings (SSSR count). The first kappa shape index (κ1) is 14.1. The van der Waals surface area contributed by atoms with Crippen molar-refractivity contribution in [2.24, 2.45) is 5.92 Å². The van der Waals surface area contributed by atoms with Crippen molar-refractivity contribution in [1.29, 1.82) is 0 Å². The average Bonchev–Trinajstić information content (AvgIpc) is 2.83. The molecule has 1 heterocycles. The summed E-state index contributed by atoms with van der Waals surface area (Å²) in [5, 5.41) is 5.75. The molecule has 1 aromatic heterocycles. The van der Waals surface area contributed by atoms with Crippen molar-refractivity contribution in [2.75, 3.05) is 5.32 Å². The zero-order valence-corrected chi connectivity index (χ0v) is 14.3. The average molecular weight is 389 g/mol. The third-order valence-electron chi connectivity index (χ3n) is 2.76. The lowest BCUT2D eigenvalue weighted by Crippen LogP contribution is -2.15. The number of hydrogen-bond donors (Lipinski definition) is 1. The molecular weight excluding hydrogens is 374 g/mol. The monoisotopic (exact) mass is 387 g/mol. The molecule has 96 valence electrons. The Morgan fingerprint density at radius 2 is 1.94 bits per heavy atom. The maximum Gasteiger partial charge on any atom is 0.0629 e. The largest absolute Gasteiger partial charge is 0.376 e. The molecule has 0 amide bonds. The number of benzene rings is 1. The minimum atomic E-state index is 0.343. The summed E-state index contributed by atoms with van der Waals surface area (Å²) >= 11 is 8.90. The van der Waals surface area contributed by atoms with Crippen LogP contribution in [0.1, 0.15) is 24.8 Å². The number of nitrogens with one attached hydrogen (secondary N) is 1. The number of thiophene rings is 1. The lowest BCUT2D eigenvalue weighted by molar-refractivity contribution is 0.553. The second-order valence-electron chi connectivity index (χ2n) is 4.51. The number of halogens is 2. The third kappa shape index (κ3) is 3.37. The Morgan fingerprint density at radius 1 is 1.17 bits per heavy atom. The molecule has 0 saturated carbocycles. The van der Waals surface area contributed by atoms with Gasteiger partial charge in [-0.05, 0) is 51.5 Å². The van der Waals surface area contributed by atoms with E-state index in [9.17, 15) is 0 Å². The van der Waals surface area contributed by atoms with Gasteiger partial charge in [-0.15, -0.1) is 11.3 Å². The highest BCUT2D eigenvalue weighted by atomic mass is 79.9. The molecule has 0 saturated heterocycles. The van der Waals surface area contributed by atoms with Crippen molar-refractivity contribution in [1.82, 2.24) is 0 Å². The maximum absolute atomic E-state index is 3.62. The quantitative estimate of drug-likeness (QED) is 0.668. The normalized spacial score (nSPS) is 12.7.